The Morgan fingerprint density at radius 2 is 1.83 bits per heavy atom. The second-order valence-electron chi connectivity index (χ2n) is 8.32. The van der Waals surface area contributed by atoms with E-state index in [0.29, 0.717) is 29.5 Å². The van der Waals surface area contributed by atoms with Crippen LogP contribution in [0.1, 0.15) is 35.6 Å². The fraction of sp³-hybridized carbons (Fsp3) is 0.292. The molecule has 1 saturated carbocycles. The third-order valence-electron chi connectivity index (χ3n) is 7.01. The van der Waals surface area contributed by atoms with Gasteiger partial charge in [-0.05, 0) is 29.7 Å². The lowest BCUT2D eigenvalue weighted by Crippen LogP contribution is -2.63. The lowest BCUT2D eigenvalue weighted by atomic mass is 9.68. The number of aliphatic hydroxyl groups is 1. The molecule has 30 heavy (non-hydrogen) atoms. The Morgan fingerprint density at radius 3 is 2.50 bits per heavy atom. The molecule has 1 N–H and O–H groups in total. The first-order chi connectivity index (χ1) is 14.5. The summed E-state index contributed by atoms with van der Waals surface area (Å²) < 4.78 is 13.9. The van der Waals surface area contributed by atoms with Gasteiger partial charge in [-0.1, -0.05) is 70.0 Å². The summed E-state index contributed by atoms with van der Waals surface area (Å²) in [6.07, 6.45) is 2.97. The summed E-state index contributed by atoms with van der Waals surface area (Å²) in [5.74, 6) is 0.390. The van der Waals surface area contributed by atoms with Gasteiger partial charge in [0, 0.05) is 29.1 Å². The number of ether oxygens (including phenoxy) is 2. The largest absolute Gasteiger partial charge is 0.476 e. The zero-order valence-corrected chi connectivity index (χ0v) is 18.4. The van der Waals surface area contributed by atoms with Crippen molar-refractivity contribution in [1.29, 1.82) is 0 Å². The first-order valence-corrected chi connectivity index (χ1v) is 11.2. The fourth-order valence-electron chi connectivity index (χ4n) is 5.69. The number of rotatable bonds is 2. The zero-order valence-electron chi connectivity index (χ0n) is 16.0. The van der Waals surface area contributed by atoms with Crippen molar-refractivity contribution in [3.63, 3.8) is 0 Å². The number of fused-ring (bicyclic) bond motifs is 4. The number of aromatic nitrogens is 1. The van der Waals surface area contributed by atoms with Gasteiger partial charge in [0.15, 0.2) is 11.2 Å². The van der Waals surface area contributed by atoms with Gasteiger partial charge in [0.2, 0.25) is 0 Å². The van der Waals surface area contributed by atoms with Crippen molar-refractivity contribution < 1.29 is 14.6 Å². The minimum absolute atomic E-state index is 0.127. The van der Waals surface area contributed by atoms with Gasteiger partial charge in [0.1, 0.15) is 17.0 Å². The van der Waals surface area contributed by atoms with Crippen LogP contribution < -0.4 is 4.74 Å². The summed E-state index contributed by atoms with van der Waals surface area (Å²) in [5.41, 5.74) is -0.768. The lowest BCUT2D eigenvalue weighted by molar-refractivity contribution is -0.270. The molecule has 4 nitrogen and oxygen atoms in total. The molecule has 0 bridgehead atoms. The third-order valence-corrected chi connectivity index (χ3v) is 7.75. The molecule has 6 rings (SSSR count). The molecule has 3 heterocycles. The van der Waals surface area contributed by atoms with E-state index in [0.717, 1.165) is 22.0 Å². The maximum absolute atomic E-state index is 12.6. The van der Waals surface area contributed by atoms with Crippen LogP contribution in [0.25, 0.3) is 0 Å². The Bertz CT molecular complexity index is 1130. The van der Waals surface area contributed by atoms with Gasteiger partial charge >= 0.3 is 0 Å². The van der Waals surface area contributed by atoms with E-state index in [9.17, 15) is 5.11 Å². The van der Waals surface area contributed by atoms with Crippen LogP contribution in [0.3, 0.4) is 0 Å². The van der Waals surface area contributed by atoms with Crippen molar-refractivity contribution in [2.75, 3.05) is 6.61 Å². The maximum Gasteiger partial charge on any atom is 0.184 e. The molecule has 0 radical (unpaired) electrons. The molecule has 1 saturated heterocycles. The molecule has 1 aliphatic carbocycles. The molecule has 1 spiro atoms. The smallest absolute Gasteiger partial charge is 0.184 e. The quantitative estimate of drug-likeness (QED) is 0.535. The molecular weight excluding hydrogens is 466 g/mol. The van der Waals surface area contributed by atoms with Gasteiger partial charge < -0.3 is 14.6 Å². The Hall–Kier alpha value is -1.92. The minimum Gasteiger partial charge on any atom is -0.476 e. The second-order valence-corrected chi connectivity index (χ2v) is 9.67. The van der Waals surface area contributed by atoms with Gasteiger partial charge in [0.05, 0.1) is 11.6 Å². The molecule has 3 aliphatic rings. The van der Waals surface area contributed by atoms with Crippen molar-refractivity contribution in [3.8, 4) is 5.75 Å². The second kappa shape index (κ2) is 6.30. The van der Waals surface area contributed by atoms with Crippen molar-refractivity contribution in [1.82, 2.24) is 4.98 Å². The lowest BCUT2D eigenvalue weighted by Gasteiger charge is -2.50. The van der Waals surface area contributed by atoms with E-state index in [1.165, 1.54) is 0 Å². The third kappa shape index (κ3) is 2.16. The van der Waals surface area contributed by atoms with Crippen LogP contribution >= 0.6 is 27.5 Å². The number of pyridine rings is 1. The van der Waals surface area contributed by atoms with Crippen molar-refractivity contribution in [2.24, 2.45) is 0 Å². The van der Waals surface area contributed by atoms with E-state index >= 15 is 0 Å². The Labute approximate surface area is 187 Å². The van der Waals surface area contributed by atoms with Crippen LogP contribution in [0.5, 0.6) is 5.75 Å². The summed E-state index contributed by atoms with van der Waals surface area (Å²) >= 11 is 9.77. The summed E-state index contributed by atoms with van der Waals surface area (Å²) in [4.78, 5) is 4.57. The van der Waals surface area contributed by atoms with Crippen LogP contribution in [0, 0.1) is 0 Å². The zero-order chi connectivity index (χ0) is 20.6. The van der Waals surface area contributed by atoms with Crippen LogP contribution in [-0.2, 0) is 15.9 Å². The standard InChI is InChI=1S/C24H19BrClNO3/c25-17-8-6-16(7-9-17)23-19(15-4-2-1-3-5-15)13-22(10-11-29-22)24(23,28)21-20(30-23)12-18(26)14-27-21/h1-9,12,14,19,28H,10-11,13H2/t19-,22-,23-,24?/m0/s1. The van der Waals surface area contributed by atoms with Gasteiger partial charge in [0.25, 0.3) is 0 Å². The number of benzene rings is 2. The average molecular weight is 485 g/mol. The number of hydrogen-bond donors (Lipinski definition) is 1. The predicted molar refractivity (Wildman–Crippen MR) is 117 cm³/mol. The summed E-state index contributed by atoms with van der Waals surface area (Å²) in [7, 11) is 0. The Balaban J connectivity index is 1.68. The van der Waals surface area contributed by atoms with Gasteiger partial charge in [-0.15, -0.1) is 0 Å². The van der Waals surface area contributed by atoms with Crippen LogP contribution in [0.15, 0.2) is 71.3 Å². The van der Waals surface area contributed by atoms with Crippen LogP contribution in [0.2, 0.25) is 5.02 Å². The normalized spacial score (nSPS) is 33.6. The van der Waals surface area contributed by atoms with Gasteiger partial charge in [-0.25, -0.2) is 0 Å². The van der Waals surface area contributed by atoms with Crippen LogP contribution in [0.4, 0.5) is 0 Å². The highest BCUT2D eigenvalue weighted by molar-refractivity contribution is 9.10. The first kappa shape index (κ1) is 18.8. The molecule has 1 unspecified atom stereocenters. The van der Waals surface area contributed by atoms with Gasteiger partial charge in [-0.2, -0.15) is 0 Å². The summed E-state index contributed by atoms with van der Waals surface area (Å²) in [5, 5.41) is 13.1. The van der Waals surface area contributed by atoms with E-state index in [4.69, 9.17) is 21.1 Å². The molecule has 2 fully saturated rings. The summed E-state index contributed by atoms with van der Waals surface area (Å²) in [6.45, 7) is 0.614. The van der Waals surface area contributed by atoms with E-state index in [2.05, 4.69) is 33.0 Å². The molecule has 152 valence electrons. The van der Waals surface area contributed by atoms with E-state index < -0.39 is 16.8 Å². The topological polar surface area (TPSA) is 51.6 Å². The molecule has 1 aromatic heterocycles. The summed E-state index contributed by atoms with van der Waals surface area (Å²) in [6, 6.07) is 19.9. The average Bonchev–Trinajstić information content (AvgIpc) is 3.11. The monoisotopic (exact) mass is 483 g/mol. The van der Waals surface area contributed by atoms with Crippen LogP contribution in [-0.4, -0.2) is 22.3 Å². The van der Waals surface area contributed by atoms with E-state index in [1.807, 2.05) is 42.5 Å². The molecule has 0 amide bonds. The van der Waals surface area contributed by atoms with E-state index in [-0.39, 0.29) is 5.92 Å². The SMILES string of the molecule is OC12c3ncc(Cl)cc3O[C@@]1(c1ccc(Br)cc1)[C@H](c1ccccc1)C[C@@]21CCO1. The first-order valence-electron chi connectivity index (χ1n) is 10.0. The fourth-order valence-corrected chi connectivity index (χ4v) is 6.10. The highest BCUT2D eigenvalue weighted by Gasteiger charge is 2.81. The number of halogens is 2. The Kier molecular flexibility index (Phi) is 3.95. The van der Waals surface area contributed by atoms with Crippen molar-refractivity contribution in [2.45, 2.75) is 35.6 Å². The highest BCUT2D eigenvalue weighted by Crippen LogP contribution is 2.72. The highest BCUT2D eigenvalue weighted by atomic mass is 79.9. The molecule has 4 atom stereocenters. The minimum atomic E-state index is -1.44. The molecule has 2 aromatic carbocycles. The number of hydrogen-bond acceptors (Lipinski definition) is 4. The maximum atomic E-state index is 12.6. The molecule has 3 aromatic rings. The van der Waals surface area contributed by atoms with E-state index in [1.54, 1.807) is 12.3 Å². The van der Waals surface area contributed by atoms with Gasteiger partial charge in [-0.3, -0.25) is 4.98 Å². The molecular formula is C24H19BrClNO3. The van der Waals surface area contributed by atoms with Crippen molar-refractivity contribution >= 4 is 27.5 Å². The number of nitrogens with zero attached hydrogens (tertiary/aromatic N) is 1. The molecule has 2 aliphatic heterocycles. The Morgan fingerprint density at radius 1 is 1.10 bits per heavy atom. The predicted octanol–water partition coefficient (Wildman–Crippen LogP) is 5.32. The molecule has 6 heteroatoms. The van der Waals surface area contributed by atoms with Crippen molar-refractivity contribution in [3.05, 3.63) is 93.2 Å².